The van der Waals surface area contributed by atoms with E-state index in [1.807, 2.05) is 0 Å². The molecule has 0 saturated heterocycles. The normalized spacial score (nSPS) is 20.5. The summed E-state index contributed by atoms with van der Waals surface area (Å²) in [5.74, 6) is 0.348. The lowest BCUT2D eigenvalue weighted by atomic mass is 9.84. The van der Waals surface area contributed by atoms with Crippen molar-refractivity contribution >= 4 is 10.1 Å². The van der Waals surface area contributed by atoms with Crippen LogP contribution in [0, 0.1) is 5.92 Å². The van der Waals surface area contributed by atoms with Crippen LogP contribution in [0.15, 0.2) is 0 Å². The SMILES string of the molecule is O=S(=O)([O-])CCC1CCC1. The van der Waals surface area contributed by atoms with Crippen molar-refractivity contribution in [2.24, 2.45) is 5.92 Å². The van der Waals surface area contributed by atoms with E-state index in [9.17, 15) is 13.0 Å². The topological polar surface area (TPSA) is 57.2 Å². The monoisotopic (exact) mass is 163 g/mol. The van der Waals surface area contributed by atoms with E-state index in [1.165, 1.54) is 6.42 Å². The van der Waals surface area contributed by atoms with Gasteiger partial charge in [0.05, 0.1) is 10.1 Å². The zero-order valence-corrected chi connectivity index (χ0v) is 6.56. The highest BCUT2D eigenvalue weighted by Crippen LogP contribution is 2.29. The quantitative estimate of drug-likeness (QED) is 0.576. The number of hydrogen-bond acceptors (Lipinski definition) is 3. The second-order valence-corrected chi connectivity index (χ2v) is 4.37. The van der Waals surface area contributed by atoms with Crippen molar-refractivity contribution in [3.8, 4) is 0 Å². The standard InChI is InChI=1S/C6H12O3S/c7-10(8,9)5-4-6-2-1-3-6/h6H,1-5H2,(H,7,8,9)/p-1. The van der Waals surface area contributed by atoms with Gasteiger partial charge in [0.2, 0.25) is 0 Å². The summed E-state index contributed by atoms with van der Waals surface area (Å²) in [6.45, 7) is 0. The minimum atomic E-state index is -3.95. The molecule has 0 unspecified atom stereocenters. The summed E-state index contributed by atoms with van der Waals surface area (Å²) >= 11 is 0. The van der Waals surface area contributed by atoms with Crippen LogP contribution in [0.2, 0.25) is 0 Å². The summed E-state index contributed by atoms with van der Waals surface area (Å²) in [6.07, 6.45) is 3.99. The fourth-order valence-corrected chi connectivity index (χ4v) is 1.71. The molecule has 0 aromatic heterocycles. The van der Waals surface area contributed by atoms with Crippen LogP contribution in [0.1, 0.15) is 25.7 Å². The molecule has 0 amide bonds. The first-order valence-corrected chi connectivity index (χ1v) is 5.09. The second kappa shape index (κ2) is 2.88. The van der Waals surface area contributed by atoms with E-state index in [1.54, 1.807) is 0 Å². The van der Waals surface area contributed by atoms with Crippen molar-refractivity contribution in [1.82, 2.24) is 0 Å². The van der Waals surface area contributed by atoms with Crippen LogP contribution in [0.5, 0.6) is 0 Å². The Morgan fingerprint density at radius 1 is 1.40 bits per heavy atom. The molecule has 0 radical (unpaired) electrons. The molecule has 0 aromatic carbocycles. The highest BCUT2D eigenvalue weighted by atomic mass is 32.2. The first-order valence-electron chi connectivity index (χ1n) is 3.51. The van der Waals surface area contributed by atoms with Crippen molar-refractivity contribution in [2.45, 2.75) is 25.7 Å². The molecule has 3 nitrogen and oxygen atoms in total. The molecule has 1 saturated carbocycles. The zero-order chi connectivity index (χ0) is 7.61. The average Bonchev–Trinajstić information content (AvgIpc) is 1.56. The lowest BCUT2D eigenvalue weighted by Gasteiger charge is -2.25. The molecule has 0 aromatic rings. The largest absolute Gasteiger partial charge is 0.748 e. The van der Waals surface area contributed by atoms with Gasteiger partial charge in [-0.1, -0.05) is 19.3 Å². The van der Waals surface area contributed by atoms with Crippen molar-refractivity contribution in [3.05, 3.63) is 0 Å². The molecule has 0 N–H and O–H groups in total. The molecule has 0 atom stereocenters. The van der Waals surface area contributed by atoms with Crippen LogP contribution in [0.25, 0.3) is 0 Å². The van der Waals surface area contributed by atoms with Crippen LogP contribution in [0.4, 0.5) is 0 Å². The van der Waals surface area contributed by atoms with Gasteiger partial charge in [-0.25, -0.2) is 8.42 Å². The Kier molecular flexibility index (Phi) is 2.31. The molecule has 4 heteroatoms. The van der Waals surface area contributed by atoms with E-state index in [4.69, 9.17) is 0 Å². The minimum Gasteiger partial charge on any atom is -0.748 e. The third-order valence-electron chi connectivity index (χ3n) is 2.00. The van der Waals surface area contributed by atoms with Crippen molar-refractivity contribution in [2.75, 3.05) is 5.75 Å². The van der Waals surface area contributed by atoms with Gasteiger partial charge in [-0.05, 0) is 12.3 Å². The van der Waals surface area contributed by atoms with E-state index in [-0.39, 0.29) is 5.75 Å². The number of rotatable bonds is 3. The van der Waals surface area contributed by atoms with E-state index in [0.29, 0.717) is 12.3 Å². The third kappa shape index (κ3) is 2.66. The van der Waals surface area contributed by atoms with Crippen LogP contribution in [0.3, 0.4) is 0 Å². The Bertz CT molecular complexity index is 191. The molecular formula is C6H11O3S-. The second-order valence-electron chi connectivity index (χ2n) is 2.85. The molecule has 0 aliphatic heterocycles. The van der Waals surface area contributed by atoms with Gasteiger partial charge in [-0.15, -0.1) is 0 Å². The molecule has 0 heterocycles. The average molecular weight is 163 g/mol. The first kappa shape index (κ1) is 8.01. The Morgan fingerprint density at radius 3 is 2.30 bits per heavy atom. The van der Waals surface area contributed by atoms with Crippen molar-refractivity contribution in [3.63, 3.8) is 0 Å². The molecule has 10 heavy (non-hydrogen) atoms. The van der Waals surface area contributed by atoms with E-state index in [2.05, 4.69) is 0 Å². The molecule has 1 fully saturated rings. The fourth-order valence-electron chi connectivity index (χ4n) is 1.09. The third-order valence-corrected chi connectivity index (χ3v) is 2.74. The van der Waals surface area contributed by atoms with Crippen LogP contribution in [-0.4, -0.2) is 18.7 Å². The van der Waals surface area contributed by atoms with Gasteiger partial charge in [0, 0.05) is 5.75 Å². The Hall–Kier alpha value is -0.0900. The molecule has 1 aliphatic rings. The molecular weight excluding hydrogens is 152 g/mol. The summed E-state index contributed by atoms with van der Waals surface area (Å²) in [6, 6.07) is 0. The van der Waals surface area contributed by atoms with Gasteiger partial charge >= 0.3 is 0 Å². The van der Waals surface area contributed by atoms with Crippen molar-refractivity contribution < 1.29 is 13.0 Å². The predicted molar refractivity (Wildman–Crippen MR) is 36.5 cm³/mol. The summed E-state index contributed by atoms with van der Waals surface area (Å²) in [7, 11) is -3.95. The summed E-state index contributed by atoms with van der Waals surface area (Å²) < 4.78 is 30.4. The molecule has 60 valence electrons. The highest BCUT2D eigenvalue weighted by Gasteiger charge is 2.17. The zero-order valence-electron chi connectivity index (χ0n) is 5.75. The van der Waals surface area contributed by atoms with Gasteiger partial charge < -0.3 is 4.55 Å². The van der Waals surface area contributed by atoms with E-state index < -0.39 is 10.1 Å². The van der Waals surface area contributed by atoms with Gasteiger partial charge in [-0.3, -0.25) is 0 Å². The van der Waals surface area contributed by atoms with E-state index >= 15 is 0 Å². The summed E-state index contributed by atoms with van der Waals surface area (Å²) in [5.41, 5.74) is 0. The van der Waals surface area contributed by atoms with Gasteiger partial charge in [0.1, 0.15) is 0 Å². The minimum absolute atomic E-state index is 0.169. The van der Waals surface area contributed by atoms with Gasteiger partial charge in [0.15, 0.2) is 0 Å². The fraction of sp³-hybridized carbons (Fsp3) is 1.00. The Labute approximate surface area is 61.2 Å². The van der Waals surface area contributed by atoms with Crippen LogP contribution in [-0.2, 0) is 10.1 Å². The van der Waals surface area contributed by atoms with Crippen LogP contribution < -0.4 is 0 Å². The Balaban J connectivity index is 2.16. The lowest BCUT2D eigenvalue weighted by Crippen LogP contribution is -2.16. The van der Waals surface area contributed by atoms with E-state index in [0.717, 1.165) is 12.8 Å². The predicted octanol–water partition coefficient (Wildman–Crippen LogP) is 0.722. The Morgan fingerprint density at radius 2 is 2.00 bits per heavy atom. The molecule has 1 aliphatic carbocycles. The first-order chi connectivity index (χ1) is 4.58. The summed E-state index contributed by atoms with van der Waals surface area (Å²) in [4.78, 5) is 0. The molecule has 0 spiro atoms. The summed E-state index contributed by atoms with van der Waals surface area (Å²) in [5, 5.41) is 0. The highest BCUT2D eigenvalue weighted by molar-refractivity contribution is 7.85. The van der Waals surface area contributed by atoms with Crippen molar-refractivity contribution in [1.29, 1.82) is 0 Å². The maximum Gasteiger partial charge on any atom is 0.0946 e. The lowest BCUT2D eigenvalue weighted by molar-refractivity contribution is 0.304. The molecule has 1 rings (SSSR count). The van der Waals surface area contributed by atoms with Crippen LogP contribution >= 0.6 is 0 Å². The maximum absolute atomic E-state index is 10.1. The number of hydrogen-bond donors (Lipinski definition) is 0. The maximum atomic E-state index is 10.1. The van der Waals surface area contributed by atoms with Gasteiger partial charge in [0.25, 0.3) is 0 Å². The van der Waals surface area contributed by atoms with Gasteiger partial charge in [-0.2, -0.15) is 0 Å². The molecule has 0 bridgehead atoms. The smallest absolute Gasteiger partial charge is 0.0946 e.